The topological polar surface area (TPSA) is 32.3 Å². The highest BCUT2D eigenvalue weighted by molar-refractivity contribution is 5.79. The molecule has 0 aromatic heterocycles. The van der Waals surface area contributed by atoms with Crippen molar-refractivity contribution >= 4 is 5.91 Å². The Labute approximate surface area is 136 Å². The number of hydrogen-bond acceptors (Lipinski definition) is 2. The Morgan fingerprint density at radius 2 is 1.50 bits per heavy atom. The van der Waals surface area contributed by atoms with Crippen molar-refractivity contribution in [3.05, 3.63) is 0 Å². The van der Waals surface area contributed by atoms with E-state index in [1.807, 2.05) is 0 Å². The van der Waals surface area contributed by atoms with Crippen molar-refractivity contribution in [3.63, 3.8) is 0 Å². The van der Waals surface area contributed by atoms with Gasteiger partial charge in [-0.25, -0.2) is 0 Å². The van der Waals surface area contributed by atoms with Crippen LogP contribution in [0.5, 0.6) is 0 Å². The van der Waals surface area contributed by atoms with Crippen LogP contribution < -0.4 is 5.32 Å². The van der Waals surface area contributed by atoms with E-state index in [1.165, 1.54) is 57.8 Å². The minimum atomic E-state index is 0.328. The number of hydrogen-bond donors (Lipinski definition) is 1. The number of rotatable bonds is 3. The maximum Gasteiger partial charge on any atom is 0.225 e. The van der Waals surface area contributed by atoms with Crippen LogP contribution in [0.3, 0.4) is 0 Å². The first kappa shape index (κ1) is 16.3. The molecule has 0 spiro atoms. The van der Waals surface area contributed by atoms with Gasteiger partial charge in [-0.2, -0.15) is 0 Å². The molecule has 3 nitrogen and oxygen atoms in total. The van der Waals surface area contributed by atoms with Gasteiger partial charge in [-0.1, -0.05) is 45.4 Å². The second kappa shape index (κ2) is 7.81. The lowest BCUT2D eigenvalue weighted by molar-refractivity contribution is -0.139. The maximum atomic E-state index is 12.8. The highest BCUT2D eigenvalue weighted by Crippen LogP contribution is 2.28. The number of nitrogens with one attached hydrogen (secondary N) is 1. The third kappa shape index (κ3) is 4.24. The summed E-state index contributed by atoms with van der Waals surface area (Å²) in [5.41, 5.74) is 0. The predicted octanol–water partition coefficient (Wildman–Crippen LogP) is 3.73. The zero-order chi connectivity index (χ0) is 15.4. The van der Waals surface area contributed by atoms with Crippen molar-refractivity contribution in [2.24, 2.45) is 11.8 Å². The Morgan fingerprint density at radius 1 is 0.864 bits per heavy atom. The zero-order valence-electron chi connectivity index (χ0n) is 14.4. The number of carbonyl (C=O) groups is 1. The van der Waals surface area contributed by atoms with Crippen LogP contribution in [-0.4, -0.2) is 36.0 Å². The van der Waals surface area contributed by atoms with Crippen LogP contribution in [0, 0.1) is 11.8 Å². The van der Waals surface area contributed by atoms with Gasteiger partial charge in [-0.05, 0) is 38.0 Å². The quantitative estimate of drug-likeness (QED) is 0.862. The van der Waals surface area contributed by atoms with Crippen LogP contribution in [0.25, 0.3) is 0 Å². The first-order valence-corrected chi connectivity index (χ1v) is 9.77. The van der Waals surface area contributed by atoms with Crippen LogP contribution >= 0.6 is 0 Å². The molecule has 3 fully saturated rings. The Morgan fingerprint density at radius 3 is 2.18 bits per heavy atom. The summed E-state index contributed by atoms with van der Waals surface area (Å²) in [6.07, 6.45) is 14.2. The largest absolute Gasteiger partial charge is 0.341 e. The molecule has 1 N–H and O–H groups in total. The summed E-state index contributed by atoms with van der Waals surface area (Å²) in [6, 6.07) is 1.23. The van der Waals surface area contributed by atoms with E-state index in [1.54, 1.807) is 0 Å². The van der Waals surface area contributed by atoms with Gasteiger partial charge in [0, 0.05) is 31.1 Å². The van der Waals surface area contributed by atoms with Crippen molar-refractivity contribution < 1.29 is 4.79 Å². The molecule has 0 bridgehead atoms. The Bertz CT molecular complexity index is 358. The molecule has 0 aromatic rings. The second-order valence-corrected chi connectivity index (χ2v) is 8.12. The molecule has 0 radical (unpaired) electrons. The Hall–Kier alpha value is -0.570. The fourth-order valence-corrected chi connectivity index (χ4v) is 4.86. The van der Waals surface area contributed by atoms with E-state index in [9.17, 15) is 4.79 Å². The van der Waals surface area contributed by atoms with Crippen LogP contribution in [0.1, 0.15) is 77.6 Å². The Kier molecular flexibility index (Phi) is 5.78. The van der Waals surface area contributed by atoms with Gasteiger partial charge in [0.15, 0.2) is 0 Å². The number of likely N-dealkylation sites (tertiary alicyclic amines) is 1. The van der Waals surface area contributed by atoms with Crippen LogP contribution in [-0.2, 0) is 4.79 Å². The predicted molar refractivity (Wildman–Crippen MR) is 90.7 cm³/mol. The number of amides is 1. The van der Waals surface area contributed by atoms with E-state index in [2.05, 4.69) is 17.1 Å². The van der Waals surface area contributed by atoms with E-state index in [0.29, 0.717) is 29.8 Å². The lowest BCUT2D eigenvalue weighted by atomic mass is 9.86. The molecule has 3 aliphatic rings. The molecule has 2 unspecified atom stereocenters. The van der Waals surface area contributed by atoms with Crippen LogP contribution in [0.2, 0.25) is 0 Å². The number of nitrogens with zero attached hydrogens (tertiary/aromatic N) is 1. The summed E-state index contributed by atoms with van der Waals surface area (Å²) < 4.78 is 0. The van der Waals surface area contributed by atoms with Gasteiger partial charge in [0.05, 0.1) is 0 Å². The summed E-state index contributed by atoms with van der Waals surface area (Å²) in [5, 5.41) is 3.88. The third-order valence-electron chi connectivity index (χ3n) is 6.00. The molecule has 3 rings (SSSR count). The first-order chi connectivity index (χ1) is 10.7. The van der Waals surface area contributed by atoms with Crippen molar-refractivity contribution in [3.8, 4) is 0 Å². The van der Waals surface area contributed by atoms with Gasteiger partial charge in [-0.3, -0.25) is 4.79 Å². The minimum absolute atomic E-state index is 0.328. The minimum Gasteiger partial charge on any atom is -0.341 e. The summed E-state index contributed by atoms with van der Waals surface area (Å²) in [5.74, 6) is 1.43. The van der Waals surface area contributed by atoms with E-state index in [4.69, 9.17) is 0 Å². The molecule has 1 aliphatic heterocycles. The molecule has 2 saturated carbocycles. The van der Waals surface area contributed by atoms with Crippen molar-refractivity contribution in [1.82, 2.24) is 10.2 Å². The lowest BCUT2D eigenvalue weighted by Gasteiger charge is -2.41. The van der Waals surface area contributed by atoms with Gasteiger partial charge in [0.1, 0.15) is 0 Å². The number of carbonyl (C=O) groups excluding carboxylic acids is 1. The van der Waals surface area contributed by atoms with Gasteiger partial charge in [0.25, 0.3) is 0 Å². The highest BCUT2D eigenvalue weighted by atomic mass is 16.2. The molecule has 1 heterocycles. The normalized spacial score (nSPS) is 32.1. The molecule has 3 heteroatoms. The smallest absolute Gasteiger partial charge is 0.225 e. The molecule has 0 aromatic carbocycles. The molecule has 2 aliphatic carbocycles. The average molecular weight is 306 g/mol. The molecule has 126 valence electrons. The van der Waals surface area contributed by atoms with Crippen molar-refractivity contribution in [2.75, 3.05) is 13.1 Å². The van der Waals surface area contributed by atoms with Gasteiger partial charge < -0.3 is 10.2 Å². The fraction of sp³-hybridized carbons (Fsp3) is 0.947. The summed E-state index contributed by atoms with van der Waals surface area (Å²) in [7, 11) is 0. The number of piperidine rings is 1. The van der Waals surface area contributed by atoms with E-state index in [0.717, 1.165) is 25.9 Å². The van der Waals surface area contributed by atoms with Crippen LogP contribution in [0.4, 0.5) is 0 Å². The van der Waals surface area contributed by atoms with E-state index < -0.39 is 0 Å². The molecule has 22 heavy (non-hydrogen) atoms. The highest BCUT2D eigenvalue weighted by Gasteiger charge is 2.33. The molecular formula is C19H34N2O. The fourth-order valence-electron chi connectivity index (χ4n) is 4.86. The lowest BCUT2D eigenvalue weighted by Crippen LogP contribution is -2.54. The first-order valence-electron chi connectivity index (χ1n) is 9.77. The van der Waals surface area contributed by atoms with Crippen LogP contribution in [0.15, 0.2) is 0 Å². The third-order valence-corrected chi connectivity index (χ3v) is 6.00. The van der Waals surface area contributed by atoms with Gasteiger partial charge >= 0.3 is 0 Å². The monoisotopic (exact) mass is 306 g/mol. The van der Waals surface area contributed by atoms with Crippen molar-refractivity contribution in [2.45, 2.75) is 89.6 Å². The van der Waals surface area contributed by atoms with Gasteiger partial charge in [-0.15, -0.1) is 0 Å². The Balaban J connectivity index is 1.54. The van der Waals surface area contributed by atoms with E-state index >= 15 is 0 Å². The zero-order valence-corrected chi connectivity index (χ0v) is 14.4. The summed E-state index contributed by atoms with van der Waals surface area (Å²) in [4.78, 5) is 15.0. The molecule has 1 amide bonds. The molecular weight excluding hydrogens is 272 g/mol. The standard InChI is InChI=1S/C19H34N2O/c1-15-12-18(20-17-10-6-3-7-11-17)14-21(13-15)19(22)16-8-4-2-5-9-16/h15-18,20H,2-14H2,1H3. The summed E-state index contributed by atoms with van der Waals surface area (Å²) >= 11 is 0. The molecule has 1 saturated heterocycles. The maximum absolute atomic E-state index is 12.8. The molecule has 2 atom stereocenters. The SMILES string of the molecule is CC1CC(NC2CCCCC2)CN(C(=O)C2CCCCC2)C1. The van der Waals surface area contributed by atoms with Crippen molar-refractivity contribution in [1.29, 1.82) is 0 Å². The second-order valence-electron chi connectivity index (χ2n) is 8.12. The van der Waals surface area contributed by atoms with Gasteiger partial charge in [0.2, 0.25) is 5.91 Å². The average Bonchev–Trinajstić information content (AvgIpc) is 2.55. The van der Waals surface area contributed by atoms with E-state index in [-0.39, 0.29) is 0 Å². The summed E-state index contributed by atoms with van der Waals surface area (Å²) in [6.45, 7) is 4.25.